The zero-order valence-corrected chi connectivity index (χ0v) is 19.5. The average molecular weight is 464 g/mol. The van der Waals surface area contributed by atoms with Crippen LogP contribution in [-0.2, 0) is 4.79 Å². The Kier molecular flexibility index (Phi) is 7.10. The van der Waals surface area contributed by atoms with Gasteiger partial charge in [0, 0.05) is 38.4 Å². The summed E-state index contributed by atoms with van der Waals surface area (Å²) in [5.41, 5.74) is 3.44. The highest BCUT2D eigenvalue weighted by Gasteiger charge is 2.20. The predicted octanol–water partition coefficient (Wildman–Crippen LogP) is 2.11. The van der Waals surface area contributed by atoms with Crippen molar-refractivity contribution >= 4 is 23.4 Å². The number of benzene rings is 1. The van der Waals surface area contributed by atoms with Crippen molar-refractivity contribution in [3.05, 3.63) is 65.1 Å². The van der Waals surface area contributed by atoms with Gasteiger partial charge >= 0.3 is 0 Å². The first kappa shape index (κ1) is 23.3. The Morgan fingerprint density at radius 1 is 1.03 bits per heavy atom. The minimum atomic E-state index is -0.270. The van der Waals surface area contributed by atoms with Crippen LogP contribution in [0.5, 0.6) is 5.75 Å². The molecule has 4 rings (SSSR count). The van der Waals surface area contributed by atoms with Gasteiger partial charge in [-0.15, -0.1) is 0 Å². The second-order valence-corrected chi connectivity index (χ2v) is 8.45. The van der Waals surface area contributed by atoms with Crippen LogP contribution in [0.2, 0.25) is 0 Å². The Morgan fingerprint density at radius 2 is 1.85 bits per heavy atom. The zero-order chi connectivity index (χ0) is 24.1. The van der Waals surface area contributed by atoms with Gasteiger partial charge in [-0.3, -0.25) is 14.4 Å². The van der Waals surface area contributed by atoms with Crippen LogP contribution >= 0.6 is 0 Å². The standard InChI is InChI=1S/C25H29N5O4/c1-17-5-6-21-19(14-17)24(32)27-8-12-29(10-3-4-23(31)26-9-13-34-21)25(33)20-16-30-11-7-18(2)15-22(30)28-20/h5-7,11,14-16H,3-4,8-10,12-13H2,1-2H3,(H,26,31)(H,27,32). The van der Waals surface area contributed by atoms with Crippen molar-refractivity contribution < 1.29 is 19.1 Å². The number of carbonyl (C=O) groups is 3. The van der Waals surface area contributed by atoms with E-state index in [0.29, 0.717) is 48.7 Å². The van der Waals surface area contributed by atoms with Gasteiger partial charge in [0.05, 0.1) is 12.1 Å². The molecule has 0 saturated carbocycles. The van der Waals surface area contributed by atoms with Gasteiger partial charge in [-0.25, -0.2) is 4.98 Å². The Bertz CT molecular complexity index is 1220. The van der Waals surface area contributed by atoms with Crippen molar-refractivity contribution in [3.8, 4) is 5.75 Å². The molecule has 1 aliphatic rings. The van der Waals surface area contributed by atoms with Gasteiger partial charge < -0.3 is 24.7 Å². The van der Waals surface area contributed by atoms with E-state index < -0.39 is 0 Å². The van der Waals surface area contributed by atoms with Crippen LogP contribution in [0.25, 0.3) is 5.65 Å². The molecule has 9 heteroatoms. The summed E-state index contributed by atoms with van der Waals surface area (Å²) in [4.78, 5) is 44.5. The molecule has 0 atom stereocenters. The minimum absolute atomic E-state index is 0.104. The molecule has 0 radical (unpaired) electrons. The van der Waals surface area contributed by atoms with Gasteiger partial charge in [0.15, 0.2) is 0 Å². The number of nitrogens with zero attached hydrogens (tertiary/aromatic N) is 3. The molecule has 3 heterocycles. The van der Waals surface area contributed by atoms with Crippen molar-refractivity contribution in [1.82, 2.24) is 24.9 Å². The van der Waals surface area contributed by atoms with E-state index in [2.05, 4.69) is 15.6 Å². The minimum Gasteiger partial charge on any atom is -0.491 e. The van der Waals surface area contributed by atoms with Crippen LogP contribution in [0.4, 0.5) is 0 Å². The Labute approximate surface area is 198 Å². The van der Waals surface area contributed by atoms with Gasteiger partial charge in [-0.05, 0) is 50.1 Å². The number of nitrogens with one attached hydrogen (secondary N) is 2. The molecule has 2 N–H and O–H groups in total. The van der Waals surface area contributed by atoms with Crippen molar-refractivity contribution in [3.63, 3.8) is 0 Å². The highest BCUT2D eigenvalue weighted by Crippen LogP contribution is 2.20. The summed E-state index contributed by atoms with van der Waals surface area (Å²) in [6, 6.07) is 9.25. The smallest absolute Gasteiger partial charge is 0.274 e. The molecule has 0 fully saturated rings. The number of hydrogen-bond donors (Lipinski definition) is 2. The predicted molar refractivity (Wildman–Crippen MR) is 127 cm³/mol. The molecular weight excluding hydrogens is 434 g/mol. The summed E-state index contributed by atoms with van der Waals surface area (Å²) >= 11 is 0. The fourth-order valence-electron chi connectivity index (χ4n) is 3.88. The topological polar surface area (TPSA) is 105 Å². The zero-order valence-electron chi connectivity index (χ0n) is 19.5. The number of aromatic nitrogens is 2. The maximum absolute atomic E-state index is 13.3. The molecule has 0 spiro atoms. The SMILES string of the molecule is Cc1ccc2c(c1)C(=O)NCCN(C(=O)c1cn3ccc(C)cc3n1)CCCC(=O)NCCO2. The van der Waals surface area contributed by atoms with Crippen LogP contribution in [0.15, 0.2) is 42.7 Å². The highest BCUT2D eigenvalue weighted by molar-refractivity contribution is 5.97. The molecule has 0 unspecified atom stereocenters. The summed E-state index contributed by atoms with van der Waals surface area (Å²) in [6.45, 7) is 5.39. The Hall–Kier alpha value is -3.88. The summed E-state index contributed by atoms with van der Waals surface area (Å²) in [7, 11) is 0. The quantitative estimate of drug-likeness (QED) is 0.575. The van der Waals surface area contributed by atoms with Gasteiger partial charge in [0.25, 0.3) is 11.8 Å². The maximum Gasteiger partial charge on any atom is 0.274 e. The number of rotatable bonds is 1. The fraction of sp³-hybridized carbons (Fsp3) is 0.360. The summed E-state index contributed by atoms with van der Waals surface area (Å²) in [5, 5.41) is 5.71. The van der Waals surface area contributed by atoms with Crippen molar-refractivity contribution in [2.75, 3.05) is 32.8 Å². The van der Waals surface area contributed by atoms with E-state index in [1.807, 2.05) is 42.6 Å². The molecule has 34 heavy (non-hydrogen) atoms. The molecule has 1 aromatic carbocycles. The van der Waals surface area contributed by atoms with Gasteiger partial charge in [0.2, 0.25) is 5.91 Å². The van der Waals surface area contributed by atoms with Gasteiger partial charge in [-0.1, -0.05) is 11.6 Å². The van der Waals surface area contributed by atoms with E-state index in [1.54, 1.807) is 23.2 Å². The second-order valence-electron chi connectivity index (χ2n) is 8.45. The molecule has 2 aromatic heterocycles. The lowest BCUT2D eigenvalue weighted by molar-refractivity contribution is -0.121. The number of carbonyl (C=O) groups excluding carboxylic acids is 3. The van der Waals surface area contributed by atoms with E-state index in [-0.39, 0.29) is 37.3 Å². The van der Waals surface area contributed by atoms with Gasteiger partial charge in [0.1, 0.15) is 23.7 Å². The molecular formula is C25H29N5O4. The fourth-order valence-corrected chi connectivity index (χ4v) is 3.88. The van der Waals surface area contributed by atoms with Crippen LogP contribution < -0.4 is 15.4 Å². The van der Waals surface area contributed by atoms with E-state index >= 15 is 0 Å². The van der Waals surface area contributed by atoms with Crippen LogP contribution in [0.3, 0.4) is 0 Å². The van der Waals surface area contributed by atoms with Crippen molar-refractivity contribution in [1.29, 1.82) is 0 Å². The van der Waals surface area contributed by atoms with Crippen LogP contribution in [-0.4, -0.2) is 64.8 Å². The molecule has 0 aliphatic carbocycles. The third kappa shape index (κ3) is 5.54. The third-order valence-electron chi connectivity index (χ3n) is 5.68. The number of hydrogen-bond acceptors (Lipinski definition) is 5. The van der Waals surface area contributed by atoms with Gasteiger partial charge in [-0.2, -0.15) is 0 Å². The van der Waals surface area contributed by atoms with Crippen molar-refractivity contribution in [2.24, 2.45) is 0 Å². The number of pyridine rings is 1. The lowest BCUT2D eigenvalue weighted by Crippen LogP contribution is -2.39. The van der Waals surface area contributed by atoms with E-state index in [0.717, 1.165) is 11.1 Å². The summed E-state index contributed by atoms with van der Waals surface area (Å²) < 4.78 is 7.55. The molecule has 3 aromatic rings. The molecule has 0 bridgehead atoms. The first-order chi connectivity index (χ1) is 16.4. The number of imidazole rings is 1. The molecule has 1 aliphatic heterocycles. The Morgan fingerprint density at radius 3 is 2.71 bits per heavy atom. The first-order valence-electron chi connectivity index (χ1n) is 11.4. The summed E-state index contributed by atoms with van der Waals surface area (Å²) in [6.07, 6.45) is 4.36. The molecule has 178 valence electrons. The molecule has 3 amide bonds. The molecule has 0 saturated heterocycles. The normalized spacial score (nSPS) is 16.0. The summed E-state index contributed by atoms with van der Waals surface area (Å²) in [5.74, 6) is -0.152. The number of aryl methyl sites for hydroxylation is 2. The maximum atomic E-state index is 13.3. The largest absolute Gasteiger partial charge is 0.491 e. The van der Waals surface area contributed by atoms with E-state index in [9.17, 15) is 14.4 Å². The van der Waals surface area contributed by atoms with Crippen LogP contribution in [0.1, 0.15) is 44.8 Å². The van der Waals surface area contributed by atoms with E-state index in [4.69, 9.17) is 4.74 Å². The lowest BCUT2D eigenvalue weighted by atomic mass is 10.1. The van der Waals surface area contributed by atoms with Crippen LogP contribution in [0, 0.1) is 13.8 Å². The second kappa shape index (κ2) is 10.4. The number of fused-ring (bicyclic) bond motifs is 2. The third-order valence-corrected chi connectivity index (χ3v) is 5.68. The first-order valence-corrected chi connectivity index (χ1v) is 11.4. The Balaban J connectivity index is 1.53. The number of ether oxygens (including phenoxy) is 1. The number of amides is 3. The van der Waals surface area contributed by atoms with E-state index in [1.165, 1.54) is 0 Å². The molecule has 9 nitrogen and oxygen atoms in total. The monoisotopic (exact) mass is 463 g/mol. The average Bonchev–Trinajstić information content (AvgIpc) is 3.23. The van der Waals surface area contributed by atoms with Crippen molar-refractivity contribution in [2.45, 2.75) is 26.7 Å². The highest BCUT2D eigenvalue weighted by atomic mass is 16.5. The lowest BCUT2D eigenvalue weighted by Gasteiger charge is -2.22.